The van der Waals surface area contributed by atoms with Crippen molar-refractivity contribution in [2.24, 2.45) is 11.3 Å². The molecular formula is C26H26F2O3. The fourth-order valence-electron chi connectivity index (χ4n) is 5.75. The lowest BCUT2D eigenvalue weighted by atomic mass is 9.63. The molecule has 2 aromatic rings. The summed E-state index contributed by atoms with van der Waals surface area (Å²) in [5, 5.41) is 11.3. The second kappa shape index (κ2) is 7.64. The van der Waals surface area contributed by atoms with Gasteiger partial charge in [0.1, 0.15) is 11.6 Å². The van der Waals surface area contributed by atoms with Crippen LogP contribution in [0, 0.1) is 23.0 Å². The van der Waals surface area contributed by atoms with Gasteiger partial charge in [-0.1, -0.05) is 30.7 Å². The molecule has 0 aromatic heterocycles. The minimum atomic E-state index is -1.24. The molecule has 1 aliphatic heterocycles. The molecule has 3 fully saturated rings. The third-order valence-electron chi connectivity index (χ3n) is 7.38. The number of allylic oxidation sites excluding steroid dienone is 1. The molecule has 2 aromatic carbocycles. The van der Waals surface area contributed by atoms with Crippen LogP contribution in [0.25, 0.3) is 6.08 Å². The van der Waals surface area contributed by atoms with E-state index in [0.717, 1.165) is 30.4 Å². The quantitative estimate of drug-likeness (QED) is 0.626. The first kappa shape index (κ1) is 20.5. The molecule has 0 radical (unpaired) electrons. The van der Waals surface area contributed by atoms with Crippen LogP contribution < -0.4 is 0 Å². The molecule has 3 aliphatic rings. The van der Waals surface area contributed by atoms with Gasteiger partial charge in [0.2, 0.25) is 0 Å². The highest BCUT2D eigenvalue weighted by Gasteiger charge is 2.61. The molecule has 5 rings (SSSR count). The first-order chi connectivity index (χ1) is 14.9. The maximum absolute atomic E-state index is 13.8. The van der Waals surface area contributed by atoms with Gasteiger partial charge in [0.25, 0.3) is 0 Å². The molecule has 2 saturated carbocycles. The molecule has 2 aliphatic carbocycles. The van der Waals surface area contributed by atoms with Crippen LogP contribution in [0.2, 0.25) is 0 Å². The third kappa shape index (κ3) is 3.54. The van der Waals surface area contributed by atoms with Crippen molar-refractivity contribution in [3.63, 3.8) is 0 Å². The Morgan fingerprint density at radius 3 is 2.35 bits per heavy atom. The van der Waals surface area contributed by atoms with Crippen LogP contribution in [-0.2, 0) is 9.53 Å². The van der Waals surface area contributed by atoms with Crippen molar-refractivity contribution in [2.75, 3.05) is 0 Å². The first-order valence-electron chi connectivity index (χ1n) is 11.1. The van der Waals surface area contributed by atoms with Gasteiger partial charge >= 0.3 is 0 Å². The van der Waals surface area contributed by atoms with Crippen molar-refractivity contribution in [3.8, 4) is 0 Å². The Labute approximate surface area is 180 Å². The van der Waals surface area contributed by atoms with Crippen molar-refractivity contribution in [3.05, 3.63) is 76.9 Å². The second-order valence-corrected chi connectivity index (χ2v) is 9.25. The monoisotopic (exact) mass is 424 g/mol. The van der Waals surface area contributed by atoms with Gasteiger partial charge in [0, 0.05) is 12.3 Å². The number of fused-ring (bicyclic) bond motifs is 1. The number of carbonyl (C=O) groups excluding carboxylic acids is 1. The Bertz CT molecular complexity index is 1010. The fourth-order valence-corrected chi connectivity index (χ4v) is 5.75. The minimum Gasteiger partial charge on any atom is -0.365 e. The van der Waals surface area contributed by atoms with Crippen LogP contribution in [0.3, 0.4) is 0 Å². The van der Waals surface area contributed by atoms with E-state index in [9.17, 15) is 18.7 Å². The van der Waals surface area contributed by atoms with Crippen molar-refractivity contribution in [1.29, 1.82) is 0 Å². The molecule has 0 bridgehead atoms. The van der Waals surface area contributed by atoms with E-state index in [2.05, 4.69) is 0 Å². The molecule has 5 heteroatoms. The summed E-state index contributed by atoms with van der Waals surface area (Å²) in [5.74, 6) is -1.97. The second-order valence-electron chi connectivity index (χ2n) is 9.25. The molecule has 1 heterocycles. The van der Waals surface area contributed by atoms with Crippen LogP contribution in [0.5, 0.6) is 0 Å². The SMILES string of the molecule is O=C1/C(=C/c2ccc(F)cc2)CC[C@]12C[C@H]1CCCC[C@]1(O)O[C@@H]2c1ccc(F)cc1. The number of Topliss-reactive ketones (excluding diaryl/α,β-unsaturated/α-hetero) is 1. The van der Waals surface area contributed by atoms with Gasteiger partial charge in [-0.25, -0.2) is 8.78 Å². The van der Waals surface area contributed by atoms with Crippen LogP contribution in [0.4, 0.5) is 8.78 Å². The Balaban J connectivity index is 1.54. The fraction of sp³-hybridized carbons (Fsp3) is 0.423. The zero-order chi connectivity index (χ0) is 21.6. The first-order valence-corrected chi connectivity index (χ1v) is 11.1. The highest BCUT2D eigenvalue weighted by atomic mass is 19.1. The Hall–Kier alpha value is -2.37. The molecule has 1 spiro atoms. The summed E-state index contributed by atoms with van der Waals surface area (Å²) in [7, 11) is 0. The lowest BCUT2D eigenvalue weighted by molar-refractivity contribution is -0.323. The smallest absolute Gasteiger partial charge is 0.169 e. The summed E-state index contributed by atoms with van der Waals surface area (Å²) in [4.78, 5) is 13.8. The zero-order valence-corrected chi connectivity index (χ0v) is 17.3. The highest BCUT2D eigenvalue weighted by molar-refractivity contribution is 6.06. The van der Waals surface area contributed by atoms with E-state index < -0.39 is 17.3 Å². The van der Waals surface area contributed by atoms with Gasteiger partial charge in [0.05, 0.1) is 11.5 Å². The molecule has 162 valence electrons. The van der Waals surface area contributed by atoms with Gasteiger partial charge in [-0.3, -0.25) is 4.79 Å². The zero-order valence-electron chi connectivity index (χ0n) is 17.3. The average molecular weight is 424 g/mol. The number of ether oxygens (including phenoxy) is 1. The number of hydrogen-bond acceptors (Lipinski definition) is 3. The lowest BCUT2D eigenvalue weighted by Crippen LogP contribution is -2.55. The Morgan fingerprint density at radius 1 is 0.968 bits per heavy atom. The van der Waals surface area contributed by atoms with Crippen LogP contribution in [-0.4, -0.2) is 16.7 Å². The van der Waals surface area contributed by atoms with Gasteiger partial charge < -0.3 is 9.84 Å². The lowest BCUT2D eigenvalue weighted by Gasteiger charge is -2.53. The molecule has 4 atom stereocenters. The van der Waals surface area contributed by atoms with Gasteiger partial charge in [-0.05, 0) is 79.1 Å². The topological polar surface area (TPSA) is 46.5 Å². The predicted molar refractivity (Wildman–Crippen MR) is 113 cm³/mol. The largest absolute Gasteiger partial charge is 0.365 e. The van der Waals surface area contributed by atoms with E-state index in [1.165, 1.54) is 24.3 Å². The van der Waals surface area contributed by atoms with E-state index in [1.54, 1.807) is 24.3 Å². The van der Waals surface area contributed by atoms with Crippen molar-refractivity contribution in [2.45, 2.75) is 56.8 Å². The summed E-state index contributed by atoms with van der Waals surface area (Å²) in [6.07, 6.45) is 6.27. The van der Waals surface area contributed by atoms with E-state index >= 15 is 0 Å². The van der Waals surface area contributed by atoms with E-state index in [4.69, 9.17) is 4.74 Å². The maximum Gasteiger partial charge on any atom is 0.169 e. The maximum atomic E-state index is 13.8. The summed E-state index contributed by atoms with van der Waals surface area (Å²) in [6, 6.07) is 12.1. The van der Waals surface area contributed by atoms with E-state index in [1.807, 2.05) is 6.08 Å². The van der Waals surface area contributed by atoms with E-state index in [-0.39, 0.29) is 23.3 Å². The van der Waals surface area contributed by atoms with Crippen LogP contribution in [0.1, 0.15) is 62.2 Å². The number of aliphatic hydroxyl groups is 1. The predicted octanol–water partition coefficient (Wildman–Crippen LogP) is 5.74. The summed E-state index contributed by atoms with van der Waals surface area (Å²) in [6.45, 7) is 0. The summed E-state index contributed by atoms with van der Waals surface area (Å²) < 4.78 is 33.2. The summed E-state index contributed by atoms with van der Waals surface area (Å²) >= 11 is 0. The van der Waals surface area contributed by atoms with Crippen molar-refractivity contribution < 1.29 is 23.4 Å². The van der Waals surface area contributed by atoms with E-state index in [0.29, 0.717) is 31.3 Å². The molecule has 3 nitrogen and oxygen atoms in total. The number of carbonyl (C=O) groups is 1. The van der Waals surface area contributed by atoms with Gasteiger partial charge in [-0.15, -0.1) is 0 Å². The van der Waals surface area contributed by atoms with Gasteiger partial charge in [0.15, 0.2) is 11.6 Å². The highest BCUT2D eigenvalue weighted by Crippen LogP contribution is 2.60. The number of rotatable bonds is 2. The summed E-state index contributed by atoms with van der Waals surface area (Å²) in [5.41, 5.74) is 1.42. The normalized spacial score (nSPS) is 34.3. The molecule has 0 unspecified atom stereocenters. The van der Waals surface area contributed by atoms with Crippen molar-refractivity contribution in [1.82, 2.24) is 0 Å². The molecule has 31 heavy (non-hydrogen) atoms. The Kier molecular flexibility index (Phi) is 5.06. The average Bonchev–Trinajstić information content (AvgIpc) is 3.06. The number of ketones is 1. The molecule has 1 saturated heterocycles. The number of benzene rings is 2. The molecule has 1 N–H and O–H groups in total. The van der Waals surface area contributed by atoms with Crippen LogP contribution in [0.15, 0.2) is 54.1 Å². The third-order valence-corrected chi connectivity index (χ3v) is 7.38. The molecule has 0 amide bonds. The van der Waals surface area contributed by atoms with Crippen molar-refractivity contribution >= 4 is 11.9 Å². The standard InChI is InChI=1S/C26H26F2O3/c27-21-8-4-17(5-9-21)15-19-12-14-25(23(19)29)16-20-3-1-2-13-26(20,30)31-24(25)18-6-10-22(28)11-7-18/h4-11,15,20,24,30H,1-3,12-14,16H2/b19-15+/t20-,24-,25+,26+/m1/s1. The van der Waals surface area contributed by atoms with Crippen LogP contribution >= 0.6 is 0 Å². The molecular weight excluding hydrogens is 398 g/mol. The Morgan fingerprint density at radius 2 is 1.65 bits per heavy atom. The number of halogens is 2. The number of hydrogen-bond donors (Lipinski definition) is 1. The minimum absolute atomic E-state index is 0.0266. The van der Waals surface area contributed by atoms with Gasteiger partial charge in [-0.2, -0.15) is 0 Å².